The Kier molecular flexibility index (Phi) is 3.30. The fourth-order valence-electron chi connectivity index (χ4n) is 1.95. The molecular formula is C10H16N2O. The predicted molar refractivity (Wildman–Crippen MR) is 49.8 cm³/mol. The van der Waals surface area contributed by atoms with Gasteiger partial charge in [0.25, 0.3) is 0 Å². The fourth-order valence-corrected chi connectivity index (χ4v) is 1.95. The van der Waals surface area contributed by atoms with Crippen LogP contribution in [0.2, 0.25) is 0 Å². The second kappa shape index (κ2) is 4.27. The van der Waals surface area contributed by atoms with Crippen LogP contribution >= 0.6 is 0 Å². The van der Waals surface area contributed by atoms with Crippen molar-refractivity contribution in [1.82, 2.24) is 4.90 Å². The van der Waals surface area contributed by atoms with E-state index in [9.17, 15) is 4.79 Å². The minimum absolute atomic E-state index is 0.00898. The van der Waals surface area contributed by atoms with E-state index in [0.717, 1.165) is 19.5 Å². The van der Waals surface area contributed by atoms with Crippen molar-refractivity contribution < 1.29 is 4.79 Å². The van der Waals surface area contributed by atoms with Gasteiger partial charge in [-0.2, -0.15) is 5.26 Å². The monoisotopic (exact) mass is 180 g/mol. The first kappa shape index (κ1) is 10.0. The topological polar surface area (TPSA) is 44.1 Å². The third-order valence-electron chi connectivity index (χ3n) is 2.88. The van der Waals surface area contributed by atoms with Crippen LogP contribution in [0.1, 0.15) is 26.7 Å². The predicted octanol–water partition coefficient (Wildman–Crippen LogP) is 1.40. The Balaban J connectivity index is 2.49. The number of hydrogen-bond acceptors (Lipinski definition) is 2. The average Bonchev–Trinajstić information content (AvgIpc) is 2.47. The highest BCUT2D eigenvalue weighted by Gasteiger charge is 2.30. The molecule has 0 radical (unpaired) electrons. The summed E-state index contributed by atoms with van der Waals surface area (Å²) >= 11 is 0. The van der Waals surface area contributed by atoms with Crippen molar-refractivity contribution >= 4 is 5.91 Å². The molecule has 3 heteroatoms. The average molecular weight is 180 g/mol. The molecule has 1 fully saturated rings. The van der Waals surface area contributed by atoms with E-state index in [1.54, 1.807) is 0 Å². The second-order valence-electron chi connectivity index (χ2n) is 3.78. The Morgan fingerprint density at radius 2 is 2.31 bits per heavy atom. The summed E-state index contributed by atoms with van der Waals surface area (Å²) in [5.74, 6) is 1.21. The fraction of sp³-hybridized carbons (Fsp3) is 0.800. The molecular weight excluding hydrogens is 164 g/mol. The third kappa shape index (κ3) is 2.21. The van der Waals surface area contributed by atoms with E-state index in [-0.39, 0.29) is 12.3 Å². The summed E-state index contributed by atoms with van der Waals surface area (Å²) < 4.78 is 0. The van der Waals surface area contributed by atoms with Crippen molar-refractivity contribution in [3.05, 3.63) is 0 Å². The molecule has 3 nitrogen and oxygen atoms in total. The zero-order valence-electron chi connectivity index (χ0n) is 8.29. The highest BCUT2D eigenvalue weighted by atomic mass is 16.2. The molecule has 0 saturated carbocycles. The number of carbonyl (C=O) groups is 1. The zero-order chi connectivity index (χ0) is 9.84. The van der Waals surface area contributed by atoms with E-state index in [1.807, 2.05) is 11.0 Å². The quantitative estimate of drug-likeness (QED) is 0.644. The number of nitrogens with zero attached hydrogens (tertiary/aromatic N) is 2. The van der Waals surface area contributed by atoms with E-state index in [2.05, 4.69) is 13.8 Å². The Labute approximate surface area is 79.3 Å². The van der Waals surface area contributed by atoms with Crippen LogP contribution in [0.3, 0.4) is 0 Å². The summed E-state index contributed by atoms with van der Waals surface area (Å²) in [6.45, 7) is 6.00. The van der Waals surface area contributed by atoms with Gasteiger partial charge in [0.05, 0.1) is 6.07 Å². The highest BCUT2D eigenvalue weighted by molar-refractivity contribution is 5.78. The van der Waals surface area contributed by atoms with Crippen LogP contribution in [0.4, 0.5) is 0 Å². The zero-order valence-corrected chi connectivity index (χ0v) is 8.29. The number of rotatable bonds is 2. The number of amides is 1. The number of carbonyl (C=O) groups excluding carboxylic acids is 1. The van der Waals surface area contributed by atoms with Crippen LogP contribution in [-0.4, -0.2) is 23.9 Å². The van der Waals surface area contributed by atoms with E-state index in [1.165, 1.54) is 0 Å². The van der Waals surface area contributed by atoms with Gasteiger partial charge in [0, 0.05) is 13.1 Å². The van der Waals surface area contributed by atoms with Crippen molar-refractivity contribution in [3.63, 3.8) is 0 Å². The van der Waals surface area contributed by atoms with Gasteiger partial charge in [-0.1, -0.05) is 20.3 Å². The molecule has 0 aliphatic carbocycles. The lowest BCUT2D eigenvalue weighted by atomic mass is 9.96. The molecule has 1 rings (SSSR count). The minimum atomic E-state index is -0.00898. The van der Waals surface area contributed by atoms with Gasteiger partial charge >= 0.3 is 0 Å². The minimum Gasteiger partial charge on any atom is -0.341 e. The molecule has 1 saturated heterocycles. The van der Waals surface area contributed by atoms with Gasteiger partial charge in [0.15, 0.2) is 0 Å². The van der Waals surface area contributed by atoms with E-state index in [4.69, 9.17) is 5.26 Å². The Morgan fingerprint density at radius 3 is 2.77 bits per heavy atom. The smallest absolute Gasteiger partial charge is 0.236 e. The third-order valence-corrected chi connectivity index (χ3v) is 2.88. The Morgan fingerprint density at radius 1 is 1.62 bits per heavy atom. The van der Waals surface area contributed by atoms with E-state index >= 15 is 0 Å². The normalized spacial score (nSPS) is 27.3. The van der Waals surface area contributed by atoms with Crippen molar-refractivity contribution in [3.8, 4) is 6.07 Å². The van der Waals surface area contributed by atoms with Crippen LogP contribution in [-0.2, 0) is 4.79 Å². The standard InChI is InChI=1S/C10H16N2O/c1-3-9-7-12(6-8(9)2)10(13)4-5-11/h8-9H,3-4,6-7H2,1-2H3. The first-order valence-corrected chi connectivity index (χ1v) is 4.83. The molecule has 1 heterocycles. The lowest BCUT2D eigenvalue weighted by molar-refractivity contribution is -0.129. The van der Waals surface area contributed by atoms with Crippen molar-refractivity contribution in [2.75, 3.05) is 13.1 Å². The summed E-state index contributed by atoms with van der Waals surface area (Å²) in [6.07, 6.45) is 1.15. The largest absolute Gasteiger partial charge is 0.341 e. The summed E-state index contributed by atoms with van der Waals surface area (Å²) in [5, 5.41) is 8.39. The first-order chi connectivity index (χ1) is 6.19. The lowest BCUT2D eigenvalue weighted by Gasteiger charge is -2.13. The number of likely N-dealkylation sites (tertiary alicyclic amines) is 1. The van der Waals surface area contributed by atoms with Crippen molar-refractivity contribution in [2.24, 2.45) is 11.8 Å². The van der Waals surface area contributed by atoms with Crippen LogP contribution in [0.5, 0.6) is 0 Å². The maximum atomic E-state index is 11.4. The Hall–Kier alpha value is -1.04. The van der Waals surface area contributed by atoms with Gasteiger partial charge in [0.1, 0.15) is 6.42 Å². The van der Waals surface area contributed by atoms with E-state index in [0.29, 0.717) is 11.8 Å². The van der Waals surface area contributed by atoms with Crippen molar-refractivity contribution in [1.29, 1.82) is 5.26 Å². The highest BCUT2D eigenvalue weighted by Crippen LogP contribution is 2.25. The maximum absolute atomic E-state index is 11.4. The molecule has 0 aromatic heterocycles. The van der Waals surface area contributed by atoms with Crippen molar-refractivity contribution in [2.45, 2.75) is 26.7 Å². The second-order valence-corrected chi connectivity index (χ2v) is 3.78. The molecule has 1 aliphatic rings. The summed E-state index contributed by atoms with van der Waals surface area (Å²) in [4.78, 5) is 13.2. The molecule has 0 bridgehead atoms. The van der Waals surface area contributed by atoms with Crippen LogP contribution in [0.25, 0.3) is 0 Å². The molecule has 1 amide bonds. The molecule has 13 heavy (non-hydrogen) atoms. The van der Waals surface area contributed by atoms with Crippen LogP contribution < -0.4 is 0 Å². The lowest BCUT2D eigenvalue weighted by Crippen LogP contribution is -2.28. The van der Waals surface area contributed by atoms with Gasteiger partial charge in [-0.15, -0.1) is 0 Å². The number of nitriles is 1. The molecule has 2 atom stereocenters. The van der Waals surface area contributed by atoms with E-state index < -0.39 is 0 Å². The molecule has 72 valence electrons. The van der Waals surface area contributed by atoms with Crippen LogP contribution in [0, 0.1) is 23.2 Å². The van der Waals surface area contributed by atoms with Gasteiger partial charge < -0.3 is 4.90 Å². The maximum Gasteiger partial charge on any atom is 0.236 e. The molecule has 0 aromatic carbocycles. The van der Waals surface area contributed by atoms with Gasteiger partial charge in [0.2, 0.25) is 5.91 Å². The Bertz CT molecular complexity index is 232. The van der Waals surface area contributed by atoms with Crippen LogP contribution in [0.15, 0.2) is 0 Å². The van der Waals surface area contributed by atoms with Gasteiger partial charge in [-0.05, 0) is 11.8 Å². The molecule has 0 aromatic rings. The summed E-state index contributed by atoms with van der Waals surface area (Å²) in [6, 6.07) is 1.90. The molecule has 0 spiro atoms. The first-order valence-electron chi connectivity index (χ1n) is 4.83. The molecule has 2 unspecified atom stereocenters. The summed E-state index contributed by atoms with van der Waals surface area (Å²) in [7, 11) is 0. The summed E-state index contributed by atoms with van der Waals surface area (Å²) in [5.41, 5.74) is 0. The SMILES string of the molecule is CCC1CN(C(=O)CC#N)CC1C. The molecule has 0 N–H and O–H groups in total. The number of hydrogen-bond donors (Lipinski definition) is 0. The van der Waals surface area contributed by atoms with Gasteiger partial charge in [-0.3, -0.25) is 4.79 Å². The molecule has 1 aliphatic heterocycles. The van der Waals surface area contributed by atoms with Gasteiger partial charge in [-0.25, -0.2) is 0 Å².